The van der Waals surface area contributed by atoms with Gasteiger partial charge in [0.15, 0.2) is 11.6 Å². The number of nitrogens with zero attached hydrogens (tertiary/aromatic N) is 1. The molecule has 2 heterocycles. The fourth-order valence-corrected chi connectivity index (χ4v) is 1.58. The van der Waals surface area contributed by atoms with Crippen LogP contribution in [0.2, 0.25) is 0 Å². The first-order valence-electron chi connectivity index (χ1n) is 4.56. The topological polar surface area (TPSA) is 70.5 Å². The van der Waals surface area contributed by atoms with Crippen molar-refractivity contribution >= 4 is 5.88 Å². The highest BCUT2D eigenvalue weighted by Crippen LogP contribution is 2.42. The first-order chi connectivity index (χ1) is 7.75. The molecule has 0 fully saturated rings. The fourth-order valence-electron chi connectivity index (χ4n) is 1.58. The zero-order chi connectivity index (χ0) is 11.1. The number of aromatic nitrogens is 1. The molecule has 0 aliphatic carbocycles. The first kappa shape index (κ1) is 9.02. The predicted molar refractivity (Wildman–Crippen MR) is 52.4 cm³/mol. The highest BCUT2D eigenvalue weighted by Gasteiger charge is 2.24. The summed E-state index contributed by atoms with van der Waals surface area (Å²) in [5.41, 5.74) is 6.49. The van der Waals surface area contributed by atoms with Crippen molar-refractivity contribution in [1.82, 2.24) is 5.16 Å². The van der Waals surface area contributed by atoms with E-state index in [1.54, 1.807) is 6.07 Å². The zero-order valence-corrected chi connectivity index (χ0v) is 8.07. The van der Waals surface area contributed by atoms with Crippen LogP contribution in [0.1, 0.15) is 0 Å². The van der Waals surface area contributed by atoms with E-state index in [0.29, 0.717) is 17.0 Å². The third kappa shape index (κ3) is 1.19. The molecule has 0 bridgehead atoms. The van der Waals surface area contributed by atoms with E-state index in [-0.39, 0.29) is 18.4 Å². The summed E-state index contributed by atoms with van der Waals surface area (Å²) < 4.78 is 28.3. The van der Waals surface area contributed by atoms with Gasteiger partial charge in [-0.25, -0.2) is 4.39 Å². The van der Waals surface area contributed by atoms with E-state index in [2.05, 4.69) is 5.16 Å². The minimum absolute atomic E-state index is 0.00337. The van der Waals surface area contributed by atoms with Crippen molar-refractivity contribution < 1.29 is 18.4 Å². The van der Waals surface area contributed by atoms with Gasteiger partial charge in [0.05, 0.1) is 5.56 Å². The number of nitrogens with two attached hydrogens (primary N) is 1. The van der Waals surface area contributed by atoms with Crippen molar-refractivity contribution in [2.75, 3.05) is 12.5 Å². The van der Waals surface area contributed by atoms with E-state index in [4.69, 9.17) is 19.7 Å². The average molecular weight is 222 g/mol. The fraction of sp³-hybridized carbons (Fsp3) is 0.100. The van der Waals surface area contributed by atoms with E-state index in [1.165, 1.54) is 12.1 Å². The third-order valence-corrected chi connectivity index (χ3v) is 2.27. The Morgan fingerprint density at radius 2 is 2.06 bits per heavy atom. The second-order valence-corrected chi connectivity index (χ2v) is 3.27. The van der Waals surface area contributed by atoms with E-state index >= 15 is 0 Å². The van der Waals surface area contributed by atoms with Crippen LogP contribution in [0, 0.1) is 5.82 Å². The molecule has 0 spiro atoms. The van der Waals surface area contributed by atoms with Gasteiger partial charge in [-0.15, -0.1) is 0 Å². The molecule has 0 amide bonds. The molecule has 0 atom stereocenters. The van der Waals surface area contributed by atoms with Gasteiger partial charge < -0.3 is 19.7 Å². The standard InChI is InChI=1S/C10H7FN2O3/c11-6-2-1-5(7-3-8(12)16-13-7)9-10(6)15-4-14-9/h1-3H,4,12H2. The Morgan fingerprint density at radius 3 is 2.81 bits per heavy atom. The van der Waals surface area contributed by atoms with E-state index in [9.17, 15) is 4.39 Å². The molecule has 1 aliphatic heterocycles. The van der Waals surface area contributed by atoms with Crippen LogP contribution in [0.5, 0.6) is 11.5 Å². The number of rotatable bonds is 1. The lowest BCUT2D eigenvalue weighted by atomic mass is 10.1. The summed E-state index contributed by atoms with van der Waals surface area (Å²) in [6.45, 7) is -0.00337. The third-order valence-electron chi connectivity index (χ3n) is 2.27. The highest BCUT2D eigenvalue weighted by atomic mass is 19.1. The molecular weight excluding hydrogens is 215 g/mol. The number of hydrogen-bond acceptors (Lipinski definition) is 5. The molecule has 0 saturated heterocycles. The summed E-state index contributed by atoms with van der Waals surface area (Å²) >= 11 is 0. The van der Waals surface area contributed by atoms with Crippen LogP contribution in [0.25, 0.3) is 11.3 Å². The summed E-state index contributed by atoms with van der Waals surface area (Å²) in [4.78, 5) is 0. The Kier molecular flexibility index (Phi) is 1.76. The lowest BCUT2D eigenvalue weighted by molar-refractivity contribution is 0.171. The molecule has 2 N–H and O–H groups in total. The summed E-state index contributed by atoms with van der Waals surface area (Å²) in [5, 5.41) is 3.74. The molecule has 0 radical (unpaired) electrons. The van der Waals surface area contributed by atoms with Gasteiger partial charge in [0.2, 0.25) is 18.4 Å². The maximum absolute atomic E-state index is 13.3. The number of halogens is 1. The van der Waals surface area contributed by atoms with Crippen molar-refractivity contribution in [2.24, 2.45) is 0 Å². The van der Waals surface area contributed by atoms with Crippen molar-refractivity contribution in [1.29, 1.82) is 0 Å². The lowest BCUT2D eigenvalue weighted by Gasteiger charge is -2.02. The summed E-state index contributed by atoms with van der Waals surface area (Å²) in [6, 6.07) is 4.36. The molecule has 2 aromatic rings. The Hall–Kier alpha value is -2.24. The Bertz CT molecular complexity index is 553. The molecular formula is C10H7FN2O3. The van der Waals surface area contributed by atoms with Crippen LogP contribution in [0.3, 0.4) is 0 Å². The Labute approximate surface area is 89.5 Å². The van der Waals surface area contributed by atoms with Gasteiger partial charge in [-0.1, -0.05) is 5.16 Å². The molecule has 0 saturated carbocycles. The number of hydrogen-bond donors (Lipinski definition) is 1. The number of nitrogen functional groups attached to an aromatic ring is 1. The Morgan fingerprint density at radius 1 is 1.25 bits per heavy atom. The van der Waals surface area contributed by atoms with Gasteiger partial charge in [-0.3, -0.25) is 0 Å². The SMILES string of the molecule is Nc1cc(-c2ccc(F)c3c2OCO3)no1. The van der Waals surface area contributed by atoms with Crippen LogP contribution in [-0.4, -0.2) is 11.9 Å². The van der Waals surface area contributed by atoms with Gasteiger partial charge in [-0.05, 0) is 12.1 Å². The van der Waals surface area contributed by atoms with Crippen LogP contribution in [-0.2, 0) is 0 Å². The zero-order valence-electron chi connectivity index (χ0n) is 8.07. The normalized spacial score (nSPS) is 13.1. The molecule has 1 aromatic heterocycles. The van der Waals surface area contributed by atoms with Crippen LogP contribution in [0.15, 0.2) is 22.7 Å². The number of benzene rings is 1. The summed E-state index contributed by atoms with van der Waals surface area (Å²) in [7, 11) is 0. The van der Waals surface area contributed by atoms with Gasteiger partial charge in [-0.2, -0.15) is 0 Å². The van der Waals surface area contributed by atoms with Crippen LogP contribution in [0.4, 0.5) is 10.3 Å². The monoisotopic (exact) mass is 222 g/mol. The van der Waals surface area contributed by atoms with Crippen LogP contribution >= 0.6 is 0 Å². The van der Waals surface area contributed by atoms with Gasteiger partial charge >= 0.3 is 0 Å². The van der Waals surface area contributed by atoms with Crippen molar-refractivity contribution in [3.63, 3.8) is 0 Å². The summed E-state index contributed by atoms with van der Waals surface area (Å²) in [5.74, 6) is 0.145. The van der Waals surface area contributed by atoms with Gasteiger partial charge in [0, 0.05) is 6.07 Å². The largest absolute Gasteiger partial charge is 0.453 e. The smallest absolute Gasteiger partial charge is 0.231 e. The van der Waals surface area contributed by atoms with E-state index < -0.39 is 5.82 Å². The second kappa shape index (κ2) is 3.13. The minimum Gasteiger partial charge on any atom is -0.453 e. The maximum atomic E-state index is 13.3. The van der Waals surface area contributed by atoms with Gasteiger partial charge in [0.25, 0.3) is 0 Å². The Balaban J connectivity index is 2.19. The number of fused-ring (bicyclic) bond motifs is 1. The number of anilines is 1. The van der Waals surface area contributed by atoms with E-state index in [0.717, 1.165) is 0 Å². The molecule has 1 aromatic carbocycles. The van der Waals surface area contributed by atoms with E-state index in [1.807, 2.05) is 0 Å². The average Bonchev–Trinajstić information content (AvgIpc) is 2.87. The molecule has 16 heavy (non-hydrogen) atoms. The summed E-state index contributed by atoms with van der Waals surface area (Å²) in [6.07, 6.45) is 0. The molecule has 5 nitrogen and oxygen atoms in total. The first-order valence-corrected chi connectivity index (χ1v) is 4.56. The lowest BCUT2D eigenvalue weighted by Crippen LogP contribution is -1.93. The quantitative estimate of drug-likeness (QED) is 0.796. The number of ether oxygens (including phenoxy) is 2. The van der Waals surface area contributed by atoms with Crippen molar-refractivity contribution in [3.8, 4) is 22.8 Å². The molecule has 82 valence electrons. The molecule has 1 aliphatic rings. The molecule has 0 unspecified atom stereocenters. The van der Waals surface area contributed by atoms with Gasteiger partial charge in [0.1, 0.15) is 5.69 Å². The van der Waals surface area contributed by atoms with Crippen LogP contribution < -0.4 is 15.2 Å². The molecule has 6 heteroatoms. The predicted octanol–water partition coefficient (Wildman–Crippen LogP) is 1.79. The van der Waals surface area contributed by atoms with Crippen molar-refractivity contribution in [3.05, 3.63) is 24.0 Å². The highest BCUT2D eigenvalue weighted by molar-refractivity contribution is 5.72. The maximum Gasteiger partial charge on any atom is 0.231 e. The molecule has 3 rings (SSSR count). The van der Waals surface area contributed by atoms with Crippen molar-refractivity contribution in [2.45, 2.75) is 0 Å². The second-order valence-electron chi connectivity index (χ2n) is 3.27. The minimum atomic E-state index is -0.465.